The number of amides is 1. The number of carbonyl (C=O) groups excluding carboxylic acids is 1. The van der Waals surface area contributed by atoms with Crippen molar-refractivity contribution in [3.05, 3.63) is 29.8 Å². The molecule has 1 aliphatic carbocycles. The normalized spacial score (nSPS) is 33.7. The van der Waals surface area contributed by atoms with Crippen LogP contribution in [0.25, 0.3) is 0 Å². The molecule has 0 radical (unpaired) electrons. The molecule has 1 amide bonds. The molecule has 1 aromatic carbocycles. The predicted octanol–water partition coefficient (Wildman–Crippen LogP) is 0.929. The number of aliphatic hydroxyl groups is 1. The lowest BCUT2D eigenvalue weighted by molar-refractivity contribution is -0.140. The van der Waals surface area contributed by atoms with Crippen LogP contribution < -0.4 is 5.46 Å². The Kier molecular flexibility index (Phi) is 3.62. The van der Waals surface area contributed by atoms with E-state index in [1.54, 1.807) is 11.9 Å². The molecule has 0 aromatic heterocycles. The fourth-order valence-corrected chi connectivity index (χ4v) is 3.69. The van der Waals surface area contributed by atoms with Crippen molar-refractivity contribution in [1.82, 2.24) is 4.90 Å². The number of rotatable bonds is 1. The molecule has 6 heteroatoms. The molecule has 26 heavy (non-hydrogen) atoms. The molecule has 3 fully saturated rings. The molecule has 3 atom stereocenters. The smallest absolute Gasteiger partial charge is 0.399 e. The van der Waals surface area contributed by atoms with Crippen LogP contribution in [0.2, 0.25) is 0 Å². The molecule has 4 rings (SSSR count). The Morgan fingerprint density at radius 1 is 1.23 bits per heavy atom. The summed E-state index contributed by atoms with van der Waals surface area (Å²) in [6.45, 7) is 8.06. The molecule has 1 saturated carbocycles. The molecular weight excluding hydrogens is 329 g/mol. The Hall–Kier alpha value is -1.81. The maximum Gasteiger partial charge on any atom is 0.494 e. The first kappa shape index (κ1) is 17.6. The van der Waals surface area contributed by atoms with Crippen molar-refractivity contribution in [2.75, 3.05) is 7.05 Å². The van der Waals surface area contributed by atoms with Gasteiger partial charge in [0, 0.05) is 24.6 Å². The van der Waals surface area contributed by atoms with Crippen molar-refractivity contribution in [1.29, 1.82) is 0 Å². The van der Waals surface area contributed by atoms with Gasteiger partial charge in [0.15, 0.2) is 0 Å². The van der Waals surface area contributed by atoms with Crippen molar-refractivity contribution in [3.8, 4) is 11.8 Å². The molecule has 0 spiro atoms. The highest BCUT2D eigenvalue weighted by molar-refractivity contribution is 6.62. The van der Waals surface area contributed by atoms with E-state index in [0.29, 0.717) is 0 Å². The highest BCUT2D eigenvalue weighted by atomic mass is 16.7. The Labute approximate surface area is 154 Å². The average molecular weight is 353 g/mol. The molecule has 0 bridgehead atoms. The van der Waals surface area contributed by atoms with Crippen molar-refractivity contribution in [3.63, 3.8) is 0 Å². The zero-order valence-corrected chi connectivity index (χ0v) is 15.9. The molecule has 1 aromatic rings. The summed E-state index contributed by atoms with van der Waals surface area (Å²) < 4.78 is 12.2. The van der Waals surface area contributed by atoms with Crippen LogP contribution in [-0.2, 0) is 14.1 Å². The van der Waals surface area contributed by atoms with Crippen molar-refractivity contribution < 1.29 is 19.2 Å². The second-order valence-corrected chi connectivity index (χ2v) is 8.56. The fourth-order valence-electron chi connectivity index (χ4n) is 3.69. The maximum atomic E-state index is 12.2. The second-order valence-electron chi connectivity index (χ2n) is 8.56. The van der Waals surface area contributed by atoms with E-state index in [2.05, 4.69) is 11.8 Å². The van der Waals surface area contributed by atoms with Crippen molar-refractivity contribution >= 4 is 18.5 Å². The topological polar surface area (TPSA) is 59.0 Å². The molecule has 5 nitrogen and oxygen atoms in total. The van der Waals surface area contributed by atoms with Crippen LogP contribution in [0.15, 0.2) is 24.3 Å². The summed E-state index contributed by atoms with van der Waals surface area (Å²) in [5, 5.41) is 10.7. The molecule has 1 N–H and O–H groups in total. The minimum absolute atomic E-state index is 0.0706. The van der Waals surface area contributed by atoms with Gasteiger partial charge in [-0.15, -0.1) is 0 Å². The minimum Gasteiger partial charge on any atom is -0.399 e. The quantitative estimate of drug-likeness (QED) is 0.603. The maximum absolute atomic E-state index is 12.2. The lowest BCUT2D eigenvalue weighted by Crippen LogP contribution is -2.41. The summed E-state index contributed by atoms with van der Waals surface area (Å²) in [5.41, 5.74) is -0.765. The van der Waals surface area contributed by atoms with Crippen LogP contribution in [0.3, 0.4) is 0 Å². The second kappa shape index (κ2) is 5.35. The standard InChI is InChI=1S/C20H24BNO4/c1-18(2)19(3,4)26-21(25-18)14-8-6-7-13(11-14)9-10-20(24)15-12-16(15)22(5)17(20)23/h6-8,11,15-16,24H,12H2,1-5H3. The van der Waals surface area contributed by atoms with Crippen LogP contribution >= 0.6 is 0 Å². The van der Waals surface area contributed by atoms with Gasteiger partial charge in [0.2, 0.25) is 5.60 Å². The van der Waals surface area contributed by atoms with Gasteiger partial charge in [0.1, 0.15) is 0 Å². The zero-order valence-electron chi connectivity index (χ0n) is 15.9. The van der Waals surface area contributed by atoms with E-state index in [1.807, 2.05) is 52.0 Å². The number of hydrogen-bond acceptors (Lipinski definition) is 4. The van der Waals surface area contributed by atoms with E-state index in [1.165, 1.54) is 0 Å². The minimum atomic E-state index is -1.56. The number of carbonyl (C=O) groups is 1. The number of fused-ring (bicyclic) bond motifs is 1. The van der Waals surface area contributed by atoms with E-state index in [-0.39, 0.29) is 17.9 Å². The van der Waals surface area contributed by atoms with Crippen LogP contribution in [0, 0.1) is 17.8 Å². The van der Waals surface area contributed by atoms with Gasteiger partial charge in [-0.2, -0.15) is 0 Å². The number of benzene rings is 1. The summed E-state index contributed by atoms with van der Waals surface area (Å²) in [6.07, 6.45) is 0.821. The highest BCUT2D eigenvalue weighted by Gasteiger charge is 2.66. The first-order valence-corrected chi connectivity index (χ1v) is 9.03. The number of hydrogen-bond donors (Lipinski definition) is 1. The molecule has 2 aliphatic heterocycles. The van der Waals surface area contributed by atoms with E-state index < -0.39 is 23.9 Å². The van der Waals surface area contributed by atoms with Crippen LogP contribution in [-0.4, -0.2) is 52.9 Å². The number of likely N-dealkylation sites (N-methyl/N-ethyl adjacent to an activating group) is 1. The third kappa shape index (κ3) is 2.50. The van der Waals surface area contributed by atoms with Gasteiger partial charge in [-0.05, 0) is 51.7 Å². The van der Waals surface area contributed by atoms with Crippen LogP contribution in [0.4, 0.5) is 0 Å². The molecular formula is C20H24BNO4. The highest BCUT2D eigenvalue weighted by Crippen LogP contribution is 2.50. The largest absolute Gasteiger partial charge is 0.494 e. The summed E-state index contributed by atoms with van der Waals surface area (Å²) in [6, 6.07) is 7.72. The van der Waals surface area contributed by atoms with Crippen LogP contribution in [0.5, 0.6) is 0 Å². The first-order valence-electron chi connectivity index (χ1n) is 9.03. The lowest BCUT2D eigenvalue weighted by atomic mass is 9.78. The molecule has 136 valence electrons. The van der Waals surface area contributed by atoms with Gasteiger partial charge in [-0.25, -0.2) is 0 Å². The van der Waals surface area contributed by atoms with Gasteiger partial charge in [-0.3, -0.25) is 4.79 Å². The van der Waals surface area contributed by atoms with E-state index >= 15 is 0 Å². The lowest BCUT2D eigenvalue weighted by Gasteiger charge is -2.32. The van der Waals surface area contributed by atoms with Gasteiger partial charge < -0.3 is 19.3 Å². The van der Waals surface area contributed by atoms with Crippen LogP contribution in [0.1, 0.15) is 39.7 Å². The Bertz CT molecular complexity index is 824. The molecule has 2 heterocycles. The van der Waals surface area contributed by atoms with Gasteiger partial charge in [0.05, 0.1) is 11.2 Å². The number of nitrogens with zero attached hydrogens (tertiary/aromatic N) is 1. The third-order valence-electron chi connectivity index (χ3n) is 6.25. The molecule has 3 aliphatic rings. The number of likely N-dealkylation sites (tertiary alicyclic amines) is 1. The van der Waals surface area contributed by atoms with E-state index in [9.17, 15) is 9.90 Å². The summed E-state index contributed by atoms with van der Waals surface area (Å²) in [5.74, 6) is 5.44. The average Bonchev–Trinajstić information content (AvgIpc) is 3.31. The predicted molar refractivity (Wildman–Crippen MR) is 98.7 cm³/mol. The fraction of sp³-hybridized carbons (Fsp3) is 0.550. The van der Waals surface area contributed by atoms with Gasteiger partial charge in [-0.1, -0.05) is 24.0 Å². The van der Waals surface area contributed by atoms with Gasteiger partial charge >= 0.3 is 7.12 Å². The van der Waals surface area contributed by atoms with Crippen molar-refractivity contribution in [2.24, 2.45) is 5.92 Å². The third-order valence-corrected chi connectivity index (χ3v) is 6.25. The van der Waals surface area contributed by atoms with E-state index in [0.717, 1.165) is 17.4 Å². The molecule has 3 unspecified atom stereocenters. The van der Waals surface area contributed by atoms with Crippen molar-refractivity contribution in [2.45, 2.75) is 57.0 Å². The summed E-state index contributed by atoms with van der Waals surface area (Å²) in [7, 11) is 1.27. The monoisotopic (exact) mass is 353 g/mol. The summed E-state index contributed by atoms with van der Waals surface area (Å²) >= 11 is 0. The summed E-state index contributed by atoms with van der Waals surface area (Å²) in [4.78, 5) is 13.9. The number of piperidine rings is 1. The zero-order chi connectivity index (χ0) is 18.9. The first-order chi connectivity index (χ1) is 12.1. The Morgan fingerprint density at radius 2 is 1.88 bits per heavy atom. The van der Waals surface area contributed by atoms with Gasteiger partial charge in [0.25, 0.3) is 5.91 Å². The Balaban J connectivity index is 1.58. The van der Waals surface area contributed by atoms with E-state index in [4.69, 9.17) is 9.31 Å². The Morgan fingerprint density at radius 3 is 2.46 bits per heavy atom. The molecule has 2 saturated heterocycles. The SMILES string of the molecule is CN1C(=O)C(O)(C#Cc2cccc(B3OC(C)(C)C(C)(C)O3)c2)C2CC21.